The average molecular weight is 424 g/mol. The zero-order chi connectivity index (χ0) is 20.8. The van der Waals surface area contributed by atoms with E-state index in [1.54, 1.807) is 0 Å². The third-order valence-electron chi connectivity index (χ3n) is 3.52. The minimum absolute atomic E-state index is 0.00915. The zero-order valence-electron chi connectivity index (χ0n) is 15.9. The minimum atomic E-state index is -1.00. The number of nitrogens with one attached hydrogen (secondary N) is 1. The van der Waals surface area contributed by atoms with Crippen LogP contribution >= 0.6 is 23.1 Å². The highest BCUT2D eigenvalue weighted by molar-refractivity contribution is 8.01. The number of aromatic nitrogens is 1. The van der Waals surface area contributed by atoms with E-state index >= 15 is 0 Å². The molecule has 0 saturated carbocycles. The maximum absolute atomic E-state index is 12.3. The summed E-state index contributed by atoms with van der Waals surface area (Å²) >= 11 is 2.55. The highest BCUT2D eigenvalue weighted by Crippen LogP contribution is 2.36. The number of nitro groups is 1. The number of rotatable bonds is 8. The van der Waals surface area contributed by atoms with E-state index in [0.29, 0.717) is 15.8 Å². The number of hydrogen-bond acceptors (Lipinski definition) is 8. The standard InChI is InChI=1S/C18H21N3O5S2/c1-10(2)8-19-16(22)12(4)26-17(23)13-5-6-15(14(7-13)21(24)25)28-18-20-11(3)9-27-18/h5-7,9-10,12H,8H2,1-4H3,(H,19,22). The molecule has 0 bridgehead atoms. The molecule has 0 aliphatic heterocycles. The molecular weight excluding hydrogens is 402 g/mol. The molecule has 1 heterocycles. The smallest absolute Gasteiger partial charge is 0.339 e. The fourth-order valence-corrected chi connectivity index (χ4v) is 3.96. The van der Waals surface area contributed by atoms with Crippen LogP contribution in [0.25, 0.3) is 0 Å². The number of ether oxygens (including phenoxy) is 1. The Hall–Kier alpha value is -2.46. The van der Waals surface area contributed by atoms with Crippen LogP contribution in [-0.4, -0.2) is 34.4 Å². The van der Waals surface area contributed by atoms with Crippen molar-refractivity contribution in [1.82, 2.24) is 10.3 Å². The number of carbonyl (C=O) groups excluding carboxylic acids is 2. The summed E-state index contributed by atoms with van der Waals surface area (Å²) in [6.45, 7) is 7.66. The highest BCUT2D eigenvalue weighted by atomic mass is 32.2. The number of carbonyl (C=O) groups is 2. The third kappa shape index (κ3) is 6.03. The summed E-state index contributed by atoms with van der Waals surface area (Å²) in [5.41, 5.74) is 0.624. The molecule has 0 aliphatic carbocycles. The van der Waals surface area contributed by atoms with Crippen molar-refractivity contribution in [2.24, 2.45) is 5.92 Å². The second kappa shape index (κ2) is 9.65. The van der Waals surface area contributed by atoms with Crippen molar-refractivity contribution in [1.29, 1.82) is 0 Å². The van der Waals surface area contributed by atoms with Gasteiger partial charge in [-0.25, -0.2) is 9.78 Å². The monoisotopic (exact) mass is 423 g/mol. The molecule has 8 nitrogen and oxygen atoms in total. The van der Waals surface area contributed by atoms with Crippen LogP contribution in [-0.2, 0) is 9.53 Å². The van der Waals surface area contributed by atoms with Crippen molar-refractivity contribution in [2.45, 2.75) is 43.0 Å². The van der Waals surface area contributed by atoms with E-state index in [2.05, 4.69) is 10.3 Å². The molecule has 1 unspecified atom stereocenters. The Morgan fingerprint density at radius 2 is 2.07 bits per heavy atom. The van der Waals surface area contributed by atoms with Crippen molar-refractivity contribution in [2.75, 3.05) is 6.54 Å². The predicted molar refractivity (Wildman–Crippen MR) is 107 cm³/mol. The number of nitro benzene ring substituents is 1. The van der Waals surface area contributed by atoms with Crippen molar-refractivity contribution in [3.63, 3.8) is 0 Å². The van der Waals surface area contributed by atoms with Crippen molar-refractivity contribution in [3.8, 4) is 0 Å². The Morgan fingerprint density at radius 1 is 1.36 bits per heavy atom. The minimum Gasteiger partial charge on any atom is -0.449 e. The van der Waals surface area contributed by atoms with Crippen molar-refractivity contribution >= 4 is 40.7 Å². The van der Waals surface area contributed by atoms with Crippen LogP contribution in [0.2, 0.25) is 0 Å². The van der Waals surface area contributed by atoms with Crippen LogP contribution in [0.1, 0.15) is 36.8 Å². The van der Waals surface area contributed by atoms with Gasteiger partial charge in [0.2, 0.25) is 0 Å². The Kier molecular flexibility index (Phi) is 7.53. The summed E-state index contributed by atoms with van der Waals surface area (Å²) in [5, 5.41) is 16.0. The van der Waals surface area contributed by atoms with Crippen LogP contribution < -0.4 is 5.32 Å². The van der Waals surface area contributed by atoms with Gasteiger partial charge < -0.3 is 10.1 Å². The summed E-state index contributed by atoms with van der Waals surface area (Å²) in [6.07, 6.45) is -1.00. The van der Waals surface area contributed by atoms with Gasteiger partial charge in [-0.3, -0.25) is 14.9 Å². The van der Waals surface area contributed by atoms with Gasteiger partial charge in [-0.05, 0) is 31.9 Å². The molecule has 1 amide bonds. The number of thiazole rings is 1. The Morgan fingerprint density at radius 3 is 2.64 bits per heavy atom. The van der Waals surface area contributed by atoms with Gasteiger partial charge in [0.25, 0.3) is 11.6 Å². The molecule has 0 radical (unpaired) electrons. The lowest BCUT2D eigenvalue weighted by Gasteiger charge is -2.14. The quantitative estimate of drug-likeness (QED) is 0.390. The van der Waals surface area contributed by atoms with Crippen LogP contribution in [0.3, 0.4) is 0 Å². The fourth-order valence-electron chi connectivity index (χ4n) is 2.08. The van der Waals surface area contributed by atoms with Crippen LogP contribution in [0.4, 0.5) is 5.69 Å². The normalized spacial score (nSPS) is 11.9. The first-order valence-electron chi connectivity index (χ1n) is 8.54. The molecule has 0 fully saturated rings. The van der Waals surface area contributed by atoms with Gasteiger partial charge in [0.1, 0.15) is 0 Å². The summed E-state index contributed by atoms with van der Waals surface area (Å²) in [4.78, 5) is 39.8. The molecule has 1 atom stereocenters. The van der Waals surface area contributed by atoms with E-state index in [1.807, 2.05) is 26.2 Å². The van der Waals surface area contributed by atoms with E-state index in [-0.39, 0.29) is 17.2 Å². The first-order valence-corrected chi connectivity index (χ1v) is 10.2. The van der Waals surface area contributed by atoms with Crippen LogP contribution in [0, 0.1) is 23.0 Å². The van der Waals surface area contributed by atoms with Gasteiger partial charge in [0.15, 0.2) is 10.4 Å². The van der Waals surface area contributed by atoms with Gasteiger partial charge in [0.05, 0.1) is 15.4 Å². The lowest BCUT2D eigenvalue weighted by atomic mass is 10.2. The molecule has 0 spiro atoms. The summed E-state index contributed by atoms with van der Waals surface area (Å²) in [7, 11) is 0. The van der Waals surface area contributed by atoms with E-state index < -0.39 is 22.9 Å². The van der Waals surface area contributed by atoms with Gasteiger partial charge >= 0.3 is 5.97 Å². The number of amides is 1. The van der Waals surface area contributed by atoms with Crippen LogP contribution in [0.5, 0.6) is 0 Å². The summed E-state index contributed by atoms with van der Waals surface area (Å²) in [6, 6.07) is 4.08. The third-order valence-corrected chi connectivity index (χ3v) is 5.65. The second-order valence-electron chi connectivity index (χ2n) is 6.48. The summed E-state index contributed by atoms with van der Waals surface area (Å²) < 4.78 is 5.81. The molecule has 2 aromatic rings. The lowest BCUT2D eigenvalue weighted by Crippen LogP contribution is -2.37. The molecule has 10 heteroatoms. The van der Waals surface area contributed by atoms with E-state index in [4.69, 9.17) is 4.74 Å². The van der Waals surface area contributed by atoms with E-state index in [0.717, 1.165) is 23.5 Å². The average Bonchev–Trinajstić information content (AvgIpc) is 3.04. The SMILES string of the molecule is Cc1csc(Sc2ccc(C(=O)OC(C)C(=O)NCC(C)C)cc2[N+](=O)[O-])n1. The second-order valence-corrected chi connectivity index (χ2v) is 8.63. The number of hydrogen-bond donors (Lipinski definition) is 1. The molecule has 1 aromatic carbocycles. The topological polar surface area (TPSA) is 111 Å². The molecule has 0 aliphatic rings. The number of esters is 1. The van der Waals surface area contributed by atoms with Crippen LogP contribution in [0.15, 0.2) is 32.8 Å². The maximum atomic E-state index is 12.3. The van der Waals surface area contributed by atoms with Crippen molar-refractivity contribution in [3.05, 3.63) is 45.0 Å². The molecular formula is C18H21N3O5S2. The Bertz CT molecular complexity index is 882. The lowest BCUT2D eigenvalue weighted by molar-refractivity contribution is -0.387. The molecule has 150 valence electrons. The highest BCUT2D eigenvalue weighted by Gasteiger charge is 2.23. The van der Waals surface area contributed by atoms with Gasteiger partial charge in [-0.15, -0.1) is 11.3 Å². The molecule has 1 aromatic heterocycles. The number of nitrogens with zero attached hydrogens (tertiary/aromatic N) is 2. The Balaban J connectivity index is 2.12. The molecule has 2 rings (SSSR count). The van der Waals surface area contributed by atoms with Gasteiger partial charge in [-0.1, -0.05) is 25.6 Å². The fraction of sp³-hybridized carbons (Fsp3) is 0.389. The largest absolute Gasteiger partial charge is 0.449 e. The number of aryl methyl sites for hydroxylation is 1. The number of benzene rings is 1. The zero-order valence-corrected chi connectivity index (χ0v) is 17.6. The van der Waals surface area contributed by atoms with Gasteiger partial charge in [0, 0.05) is 23.7 Å². The first-order chi connectivity index (χ1) is 13.2. The Labute approximate surface area is 170 Å². The molecule has 28 heavy (non-hydrogen) atoms. The first kappa shape index (κ1) is 21.8. The summed E-state index contributed by atoms with van der Waals surface area (Å²) in [5.74, 6) is -0.944. The molecule has 0 saturated heterocycles. The molecule has 1 N–H and O–H groups in total. The van der Waals surface area contributed by atoms with Crippen molar-refractivity contribution < 1.29 is 19.2 Å². The van der Waals surface area contributed by atoms with E-state index in [9.17, 15) is 19.7 Å². The van der Waals surface area contributed by atoms with E-state index in [1.165, 1.54) is 30.4 Å². The maximum Gasteiger partial charge on any atom is 0.339 e. The predicted octanol–water partition coefficient (Wildman–Crippen LogP) is 3.83. The van der Waals surface area contributed by atoms with Gasteiger partial charge in [-0.2, -0.15) is 0 Å².